The van der Waals surface area contributed by atoms with Crippen LogP contribution in [0.3, 0.4) is 0 Å². The number of hydrogen-bond donors (Lipinski definition) is 4. The second-order valence-electron chi connectivity index (χ2n) is 3.91. The van der Waals surface area contributed by atoms with E-state index in [9.17, 15) is 14.3 Å². The Morgan fingerprint density at radius 3 is 2.76 bits per heavy atom. The van der Waals surface area contributed by atoms with Crippen LogP contribution in [0, 0.1) is 5.82 Å². The quantitative estimate of drug-likeness (QED) is 0.604. The number of piperazine rings is 1. The van der Waals surface area contributed by atoms with Crippen molar-refractivity contribution in [3.05, 3.63) is 29.1 Å². The van der Waals surface area contributed by atoms with Gasteiger partial charge in [-0.25, -0.2) is 9.18 Å². The van der Waals surface area contributed by atoms with Gasteiger partial charge in [-0.05, 0) is 12.1 Å². The molecule has 5 nitrogen and oxygen atoms in total. The van der Waals surface area contributed by atoms with E-state index in [1.54, 1.807) is 0 Å². The molecule has 2 rings (SSSR count). The minimum atomic E-state index is -1.21. The van der Waals surface area contributed by atoms with E-state index in [4.69, 9.17) is 5.11 Å². The molecule has 1 aromatic rings. The second kappa shape index (κ2) is 4.68. The van der Waals surface area contributed by atoms with Crippen molar-refractivity contribution in [2.24, 2.45) is 0 Å². The van der Waals surface area contributed by atoms with Gasteiger partial charge < -0.3 is 20.8 Å². The Morgan fingerprint density at radius 1 is 1.41 bits per heavy atom. The predicted octanol–water partition coefficient (Wildman–Crippen LogP) is 0.463. The van der Waals surface area contributed by atoms with Gasteiger partial charge in [0.1, 0.15) is 0 Å². The highest BCUT2D eigenvalue weighted by atomic mass is 19.1. The van der Waals surface area contributed by atoms with Gasteiger partial charge in [-0.2, -0.15) is 0 Å². The zero-order chi connectivity index (χ0) is 12.4. The first-order valence-corrected chi connectivity index (χ1v) is 5.29. The van der Waals surface area contributed by atoms with Crippen LogP contribution in [0.25, 0.3) is 0 Å². The van der Waals surface area contributed by atoms with Crippen LogP contribution in [0.15, 0.2) is 12.1 Å². The van der Waals surface area contributed by atoms with E-state index in [1.165, 1.54) is 6.07 Å². The van der Waals surface area contributed by atoms with Gasteiger partial charge in [0.05, 0.1) is 5.56 Å². The fraction of sp³-hybridized carbons (Fsp3) is 0.364. The van der Waals surface area contributed by atoms with Crippen molar-refractivity contribution in [1.82, 2.24) is 10.6 Å². The van der Waals surface area contributed by atoms with Gasteiger partial charge in [-0.15, -0.1) is 0 Å². The van der Waals surface area contributed by atoms with Crippen LogP contribution in [0.5, 0.6) is 5.75 Å². The van der Waals surface area contributed by atoms with E-state index in [0.29, 0.717) is 13.1 Å². The zero-order valence-corrected chi connectivity index (χ0v) is 9.03. The molecule has 0 aliphatic carbocycles. The summed E-state index contributed by atoms with van der Waals surface area (Å²) >= 11 is 0. The molecule has 1 aromatic carbocycles. The van der Waals surface area contributed by atoms with Crippen LogP contribution >= 0.6 is 0 Å². The summed E-state index contributed by atoms with van der Waals surface area (Å²) in [6, 6.07) is 1.83. The standard InChI is InChI=1S/C11H13FN2O3/c12-8-4-6(11(16)17)3-7(10(8)15)9-5-13-1-2-14-9/h3-4,9,13-15H,1-2,5H2,(H,16,17)/t9-/m1/s1. The Balaban J connectivity index is 2.40. The second-order valence-corrected chi connectivity index (χ2v) is 3.91. The van der Waals surface area contributed by atoms with Crippen molar-refractivity contribution in [2.45, 2.75) is 6.04 Å². The summed E-state index contributed by atoms with van der Waals surface area (Å²) in [4.78, 5) is 10.8. The third-order valence-corrected chi connectivity index (χ3v) is 2.76. The van der Waals surface area contributed by atoms with Crippen LogP contribution in [0.2, 0.25) is 0 Å². The van der Waals surface area contributed by atoms with Gasteiger partial charge in [0.2, 0.25) is 0 Å². The Hall–Kier alpha value is -1.66. The molecule has 0 saturated carbocycles. The Kier molecular flexibility index (Phi) is 3.26. The molecule has 0 amide bonds. The van der Waals surface area contributed by atoms with Gasteiger partial charge in [-0.3, -0.25) is 0 Å². The molecule has 0 unspecified atom stereocenters. The number of hydrogen-bond acceptors (Lipinski definition) is 4. The van der Waals surface area contributed by atoms with E-state index in [0.717, 1.165) is 12.6 Å². The third-order valence-electron chi connectivity index (χ3n) is 2.76. The van der Waals surface area contributed by atoms with Crippen molar-refractivity contribution in [2.75, 3.05) is 19.6 Å². The fourth-order valence-corrected chi connectivity index (χ4v) is 1.88. The van der Waals surface area contributed by atoms with E-state index < -0.39 is 17.5 Å². The summed E-state index contributed by atoms with van der Waals surface area (Å²) in [5.74, 6) is -2.61. The molecule has 17 heavy (non-hydrogen) atoms. The molecule has 0 bridgehead atoms. The summed E-state index contributed by atoms with van der Waals surface area (Å²) < 4.78 is 13.4. The van der Waals surface area contributed by atoms with E-state index in [2.05, 4.69) is 10.6 Å². The minimum absolute atomic E-state index is 0.164. The number of phenolic OH excluding ortho intramolecular Hbond substituents is 1. The number of rotatable bonds is 2. The lowest BCUT2D eigenvalue weighted by atomic mass is 10.0. The average molecular weight is 240 g/mol. The molecule has 92 valence electrons. The van der Waals surface area contributed by atoms with Crippen LogP contribution in [0.1, 0.15) is 22.0 Å². The molecule has 6 heteroatoms. The summed E-state index contributed by atoms with van der Waals surface area (Å²) in [5, 5.41) is 24.6. The summed E-state index contributed by atoms with van der Waals surface area (Å²) in [7, 11) is 0. The van der Waals surface area contributed by atoms with Crippen LogP contribution < -0.4 is 10.6 Å². The molecule has 0 radical (unpaired) electrons. The van der Waals surface area contributed by atoms with Gasteiger partial charge in [-0.1, -0.05) is 0 Å². The van der Waals surface area contributed by atoms with Crippen molar-refractivity contribution >= 4 is 5.97 Å². The number of aromatic hydroxyl groups is 1. The van der Waals surface area contributed by atoms with Crippen molar-refractivity contribution in [3.8, 4) is 5.75 Å². The average Bonchev–Trinajstić information content (AvgIpc) is 2.33. The number of carbonyl (C=O) groups is 1. The smallest absolute Gasteiger partial charge is 0.335 e. The molecule has 0 spiro atoms. The highest BCUT2D eigenvalue weighted by molar-refractivity contribution is 5.88. The van der Waals surface area contributed by atoms with Gasteiger partial charge in [0.25, 0.3) is 0 Å². The number of nitrogens with one attached hydrogen (secondary N) is 2. The van der Waals surface area contributed by atoms with E-state index in [1.807, 2.05) is 0 Å². The molecule has 1 aliphatic heterocycles. The van der Waals surface area contributed by atoms with Gasteiger partial charge >= 0.3 is 5.97 Å². The first-order chi connectivity index (χ1) is 8.09. The highest BCUT2D eigenvalue weighted by Crippen LogP contribution is 2.29. The summed E-state index contributed by atoms with van der Waals surface area (Å²) in [5.41, 5.74) is 0.109. The normalized spacial score (nSPS) is 20.2. The molecule has 0 aromatic heterocycles. The molecule has 1 saturated heterocycles. The molecule has 1 fully saturated rings. The Morgan fingerprint density at radius 2 is 2.18 bits per heavy atom. The molecule has 4 N–H and O–H groups in total. The maximum Gasteiger partial charge on any atom is 0.335 e. The third kappa shape index (κ3) is 2.37. The molecular weight excluding hydrogens is 227 g/mol. The SMILES string of the molecule is O=C(O)c1cc(F)c(O)c([C@H]2CNCCN2)c1. The zero-order valence-electron chi connectivity index (χ0n) is 9.03. The largest absolute Gasteiger partial charge is 0.505 e. The van der Waals surface area contributed by atoms with Crippen LogP contribution in [0.4, 0.5) is 4.39 Å². The van der Waals surface area contributed by atoms with Crippen molar-refractivity contribution in [1.29, 1.82) is 0 Å². The van der Waals surface area contributed by atoms with E-state index in [-0.39, 0.29) is 17.2 Å². The highest BCUT2D eigenvalue weighted by Gasteiger charge is 2.22. The predicted molar refractivity (Wildman–Crippen MR) is 58.6 cm³/mol. The molecule has 1 atom stereocenters. The first kappa shape index (κ1) is 11.8. The van der Waals surface area contributed by atoms with E-state index >= 15 is 0 Å². The monoisotopic (exact) mass is 240 g/mol. The summed E-state index contributed by atoms with van der Waals surface area (Å²) in [6.07, 6.45) is 0. The number of halogens is 1. The lowest BCUT2D eigenvalue weighted by Crippen LogP contribution is -2.42. The van der Waals surface area contributed by atoms with Gasteiger partial charge in [0, 0.05) is 31.2 Å². The topological polar surface area (TPSA) is 81.6 Å². The molecular formula is C11H13FN2O3. The molecule has 1 heterocycles. The fourth-order valence-electron chi connectivity index (χ4n) is 1.88. The Bertz CT molecular complexity index is 445. The maximum absolute atomic E-state index is 13.4. The molecule has 1 aliphatic rings. The number of carboxylic acid groups (broad SMARTS) is 1. The van der Waals surface area contributed by atoms with Crippen molar-refractivity contribution < 1.29 is 19.4 Å². The first-order valence-electron chi connectivity index (χ1n) is 5.29. The number of aromatic carboxylic acids is 1. The number of benzene rings is 1. The Labute approximate surface area is 97.3 Å². The summed E-state index contributed by atoms with van der Waals surface area (Å²) in [6.45, 7) is 2.00. The lowest BCUT2D eigenvalue weighted by molar-refractivity contribution is 0.0696. The van der Waals surface area contributed by atoms with Crippen molar-refractivity contribution in [3.63, 3.8) is 0 Å². The minimum Gasteiger partial charge on any atom is -0.505 e. The number of phenols is 1. The lowest BCUT2D eigenvalue weighted by Gasteiger charge is -2.25. The van der Waals surface area contributed by atoms with Gasteiger partial charge in [0.15, 0.2) is 11.6 Å². The van der Waals surface area contributed by atoms with Crippen LogP contribution in [-0.2, 0) is 0 Å². The maximum atomic E-state index is 13.4. The van der Waals surface area contributed by atoms with Crippen LogP contribution in [-0.4, -0.2) is 35.8 Å². The number of carboxylic acids is 1.